The predicted molar refractivity (Wildman–Crippen MR) is 87.1 cm³/mol. The van der Waals surface area contributed by atoms with Gasteiger partial charge >= 0.3 is 5.97 Å². The molecule has 0 unspecified atom stereocenters. The van der Waals surface area contributed by atoms with Gasteiger partial charge in [-0.2, -0.15) is 4.72 Å². The highest BCUT2D eigenvalue weighted by Crippen LogP contribution is 2.17. The number of carbonyl (C=O) groups excluding carboxylic acids is 1. The lowest BCUT2D eigenvalue weighted by Gasteiger charge is -2.16. The van der Waals surface area contributed by atoms with Crippen molar-refractivity contribution in [2.24, 2.45) is 5.92 Å². The second kappa shape index (κ2) is 7.35. The predicted octanol–water partition coefficient (Wildman–Crippen LogP) is 1.03. The van der Waals surface area contributed by atoms with Gasteiger partial charge in [0.25, 0.3) is 5.91 Å². The van der Waals surface area contributed by atoms with Gasteiger partial charge in [0.15, 0.2) is 0 Å². The summed E-state index contributed by atoms with van der Waals surface area (Å²) < 4.78 is 26.9. The van der Waals surface area contributed by atoms with E-state index in [4.69, 9.17) is 0 Å². The summed E-state index contributed by atoms with van der Waals surface area (Å²) >= 11 is 0. The molecule has 1 aliphatic rings. The number of likely N-dealkylation sites (tertiary alicyclic amines) is 1. The number of hydrogen-bond donors (Lipinski definition) is 3. The molecule has 1 atom stereocenters. The van der Waals surface area contributed by atoms with Crippen LogP contribution in [-0.4, -0.2) is 54.4 Å². The van der Waals surface area contributed by atoms with Gasteiger partial charge in [0.05, 0.1) is 0 Å². The Morgan fingerprint density at radius 2 is 1.96 bits per heavy atom. The zero-order chi connectivity index (χ0) is 17.9. The number of aliphatic carboxylic acids is 1. The number of carbonyl (C=O) groups is 2. The summed E-state index contributed by atoms with van der Waals surface area (Å²) in [6, 6.07) is 0.0414. The van der Waals surface area contributed by atoms with E-state index >= 15 is 0 Å². The van der Waals surface area contributed by atoms with Crippen molar-refractivity contribution in [2.45, 2.75) is 44.0 Å². The summed E-state index contributed by atoms with van der Waals surface area (Å²) in [6.07, 6.45) is 3.27. The monoisotopic (exact) mass is 357 g/mol. The highest BCUT2D eigenvalue weighted by molar-refractivity contribution is 7.89. The number of hydrogen-bond acceptors (Lipinski definition) is 4. The molecule has 1 aliphatic heterocycles. The van der Waals surface area contributed by atoms with E-state index in [9.17, 15) is 23.1 Å². The SMILES string of the molecule is CC(C)C[C@H](NS(=O)(=O)c1c[nH]c(C(=O)N2CCCC2)c1)C(=O)O. The summed E-state index contributed by atoms with van der Waals surface area (Å²) in [5.74, 6) is -1.45. The van der Waals surface area contributed by atoms with E-state index in [1.54, 1.807) is 4.90 Å². The number of H-pyrrole nitrogens is 1. The Kier molecular flexibility index (Phi) is 5.66. The molecule has 1 saturated heterocycles. The second-order valence-corrected chi connectivity index (χ2v) is 8.10. The first-order valence-electron chi connectivity index (χ1n) is 7.93. The second-order valence-electron chi connectivity index (χ2n) is 6.39. The van der Waals surface area contributed by atoms with Gasteiger partial charge in [0.2, 0.25) is 10.0 Å². The number of nitrogens with one attached hydrogen (secondary N) is 2. The quantitative estimate of drug-likeness (QED) is 0.673. The van der Waals surface area contributed by atoms with Gasteiger partial charge < -0.3 is 15.0 Å². The molecule has 24 heavy (non-hydrogen) atoms. The van der Waals surface area contributed by atoms with Gasteiger partial charge in [-0.25, -0.2) is 8.42 Å². The molecule has 0 bridgehead atoms. The minimum atomic E-state index is -4.02. The van der Waals surface area contributed by atoms with Crippen molar-refractivity contribution in [3.8, 4) is 0 Å². The van der Waals surface area contributed by atoms with E-state index in [0.717, 1.165) is 12.8 Å². The van der Waals surface area contributed by atoms with E-state index in [1.165, 1.54) is 12.3 Å². The van der Waals surface area contributed by atoms with Crippen LogP contribution >= 0.6 is 0 Å². The number of nitrogens with zero attached hydrogens (tertiary/aromatic N) is 1. The third-order valence-electron chi connectivity index (χ3n) is 3.89. The summed E-state index contributed by atoms with van der Waals surface area (Å²) in [6.45, 7) is 4.95. The fourth-order valence-electron chi connectivity index (χ4n) is 2.67. The molecule has 134 valence electrons. The maximum atomic E-state index is 12.4. The van der Waals surface area contributed by atoms with Crippen molar-refractivity contribution in [3.63, 3.8) is 0 Å². The van der Waals surface area contributed by atoms with Crippen LogP contribution in [0.2, 0.25) is 0 Å². The van der Waals surface area contributed by atoms with Crippen molar-refractivity contribution in [1.29, 1.82) is 0 Å². The van der Waals surface area contributed by atoms with Crippen LogP contribution in [0.25, 0.3) is 0 Å². The van der Waals surface area contributed by atoms with Crippen molar-refractivity contribution in [1.82, 2.24) is 14.6 Å². The smallest absolute Gasteiger partial charge is 0.321 e. The Bertz CT molecular complexity index is 704. The lowest BCUT2D eigenvalue weighted by atomic mass is 10.1. The average Bonchev–Trinajstić information content (AvgIpc) is 3.17. The molecule has 1 aromatic heterocycles. The molecule has 0 radical (unpaired) electrons. The molecule has 8 nitrogen and oxygen atoms in total. The first kappa shape index (κ1) is 18.5. The molecule has 0 aliphatic carbocycles. The molecule has 1 fully saturated rings. The Labute approximate surface area is 141 Å². The molecule has 1 aromatic rings. The largest absolute Gasteiger partial charge is 0.480 e. The minimum Gasteiger partial charge on any atom is -0.480 e. The molecular formula is C15H23N3O5S. The van der Waals surface area contributed by atoms with Gasteiger partial charge in [0.1, 0.15) is 16.6 Å². The standard InChI is InChI=1S/C15H23N3O5S/c1-10(2)7-13(15(20)21)17-24(22,23)11-8-12(16-9-11)14(19)18-5-3-4-6-18/h8-10,13,16-17H,3-7H2,1-2H3,(H,20,21)/t13-/m0/s1. The number of aromatic amines is 1. The van der Waals surface area contributed by atoms with Crippen molar-refractivity contribution < 1.29 is 23.1 Å². The molecule has 0 saturated carbocycles. The molecule has 0 spiro atoms. The van der Waals surface area contributed by atoms with Crippen LogP contribution in [0.3, 0.4) is 0 Å². The highest BCUT2D eigenvalue weighted by atomic mass is 32.2. The van der Waals surface area contributed by atoms with E-state index in [1.807, 2.05) is 13.8 Å². The summed E-state index contributed by atoms with van der Waals surface area (Å²) in [7, 11) is -4.02. The third kappa shape index (κ3) is 4.35. The van der Waals surface area contributed by atoms with E-state index in [0.29, 0.717) is 13.1 Å². The Morgan fingerprint density at radius 1 is 1.33 bits per heavy atom. The summed E-state index contributed by atoms with van der Waals surface area (Å²) in [4.78, 5) is 27.7. The zero-order valence-corrected chi connectivity index (χ0v) is 14.6. The number of carboxylic acids is 1. The molecular weight excluding hydrogens is 334 g/mol. The van der Waals surface area contributed by atoms with Gasteiger partial charge in [0, 0.05) is 19.3 Å². The fraction of sp³-hybridized carbons (Fsp3) is 0.600. The van der Waals surface area contributed by atoms with Crippen molar-refractivity contribution in [3.05, 3.63) is 18.0 Å². The average molecular weight is 357 g/mol. The van der Waals surface area contributed by atoms with Crippen LogP contribution < -0.4 is 4.72 Å². The number of aromatic nitrogens is 1. The minimum absolute atomic E-state index is 0.0207. The molecule has 2 rings (SSSR count). The summed E-state index contributed by atoms with van der Waals surface area (Å²) in [5.41, 5.74) is 0.188. The maximum Gasteiger partial charge on any atom is 0.321 e. The van der Waals surface area contributed by atoms with Gasteiger partial charge in [-0.1, -0.05) is 13.8 Å². The van der Waals surface area contributed by atoms with Crippen LogP contribution in [0.15, 0.2) is 17.2 Å². The number of sulfonamides is 1. The molecule has 1 amide bonds. The summed E-state index contributed by atoms with van der Waals surface area (Å²) in [5, 5.41) is 9.17. The van der Waals surface area contributed by atoms with E-state index in [-0.39, 0.29) is 28.8 Å². The third-order valence-corrected chi connectivity index (χ3v) is 5.34. The van der Waals surface area contributed by atoms with Crippen LogP contribution in [0, 0.1) is 5.92 Å². The maximum absolute atomic E-state index is 12.4. The Balaban J connectivity index is 2.14. The highest BCUT2D eigenvalue weighted by Gasteiger charge is 2.28. The van der Waals surface area contributed by atoms with Crippen LogP contribution in [-0.2, 0) is 14.8 Å². The van der Waals surface area contributed by atoms with E-state index in [2.05, 4.69) is 9.71 Å². The lowest BCUT2D eigenvalue weighted by molar-refractivity contribution is -0.139. The van der Waals surface area contributed by atoms with Crippen LogP contribution in [0.5, 0.6) is 0 Å². The molecule has 0 aromatic carbocycles. The Morgan fingerprint density at radius 3 is 2.50 bits per heavy atom. The van der Waals surface area contributed by atoms with Crippen LogP contribution in [0.4, 0.5) is 0 Å². The number of carboxylic acid groups (broad SMARTS) is 1. The first-order chi connectivity index (χ1) is 11.2. The first-order valence-corrected chi connectivity index (χ1v) is 9.42. The van der Waals surface area contributed by atoms with Crippen LogP contribution in [0.1, 0.15) is 43.6 Å². The lowest BCUT2D eigenvalue weighted by Crippen LogP contribution is -2.41. The fourth-order valence-corrected chi connectivity index (χ4v) is 3.86. The number of rotatable bonds is 7. The van der Waals surface area contributed by atoms with Gasteiger partial charge in [-0.3, -0.25) is 9.59 Å². The van der Waals surface area contributed by atoms with Gasteiger partial charge in [-0.15, -0.1) is 0 Å². The van der Waals surface area contributed by atoms with E-state index < -0.39 is 22.0 Å². The van der Waals surface area contributed by atoms with Crippen molar-refractivity contribution >= 4 is 21.9 Å². The topological polar surface area (TPSA) is 120 Å². The van der Waals surface area contributed by atoms with Gasteiger partial charge in [-0.05, 0) is 31.2 Å². The zero-order valence-electron chi connectivity index (χ0n) is 13.8. The Hall–Kier alpha value is -1.87. The van der Waals surface area contributed by atoms with Crippen molar-refractivity contribution in [2.75, 3.05) is 13.1 Å². The normalized spacial score (nSPS) is 16.5. The molecule has 9 heteroatoms. The molecule has 3 N–H and O–H groups in total. The molecule has 2 heterocycles. The number of amides is 1.